The van der Waals surface area contributed by atoms with Crippen LogP contribution >= 0.6 is 24.8 Å². The molecule has 0 radical (unpaired) electrons. The summed E-state index contributed by atoms with van der Waals surface area (Å²) in [7, 11) is 0. The summed E-state index contributed by atoms with van der Waals surface area (Å²) >= 11 is 0. The lowest BCUT2D eigenvalue weighted by molar-refractivity contribution is 0.0927. The Bertz CT molecular complexity index is 507. The van der Waals surface area contributed by atoms with E-state index in [-0.39, 0.29) is 42.7 Å². The van der Waals surface area contributed by atoms with E-state index in [4.69, 9.17) is 0 Å². The molecule has 2 unspecified atom stereocenters. The van der Waals surface area contributed by atoms with E-state index in [9.17, 15) is 9.90 Å². The normalized spacial score (nSPS) is 23.1. The summed E-state index contributed by atoms with van der Waals surface area (Å²) in [6.45, 7) is 4.11. The summed E-state index contributed by atoms with van der Waals surface area (Å²) in [5.41, 5.74) is 1.88. The quantitative estimate of drug-likeness (QED) is 0.750. The van der Waals surface area contributed by atoms with Crippen molar-refractivity contribution in [3.8, 4) is 0 Å². The van der Waals surface area contributed by atoms with E-state index in [1.807, 2.05) is 24.3 Å². The molecule has 2 aliphatic rings. The molecule has 5 nitrogen and oxygen atoms in total. The van der Waals surface area contributed by atoms with Crippen LogP contribution in [-0.4, -0.2) is 49.8 Å². The van der Waals surface area contributed by atoms with Crippen molar-refractivity contribution in [1.82, 2.24) is 10.6 Å². The van der Waals surface area contributed by atoms with Crippen LogP contribution in [-0.2, 0) is 0 Å². The van der Waals surface area contributed by atoms with E-state index in [2.05, 4.69) is 15.5 Å². The number of amides is 1. The molecular formula is C17H27Cl2N3O2. The molecule has 136 valence electrons. The Morgan fingerprint density at radius 2 is 1.79 bits per heavy atom. The van der Waals surface area contributed by atoms with E-state index in [1.165, 1.54) is 24.9 Å². The van der Waals surface area contributed by atoms with Crippen LogP contribution in [0.1, 0.15) is 29.6 Å². The Balaban J connectivity index is 0.00000144. The van der Waals surface area contributed by atoms with Crippen LogP contribution in [0.2, 0.25) is 0 Å². The second-order valence-electron chi connectivity index (χ2n) is 6.29. The molecule has 7 heteroatoms. The summed E-state index contributed by atoms with van der Waals surface area (Å²) in [4.78, 5) is 14.5. The Hall–Kier alpha value is -1.01. The number of aliphatic hydroxyl groups is 1. The third kappa shape index (κ3) is 5.24. The predicted molar refractivity (Wildman–Crippen MR) is 102 cm³/mol. The van der Waals surface area contributed by atoms with Crippen molar-refractivity contribution in [3.05, 3.63) is 29.8 Å². The molecule has 2 saturated heterocycles. The lowest BCUT2D eigenvalue weighted by atomic mass is 10.1. The lowest BCUT2D eigenvalue weighted by Gasteiger charge is -2.28. The number of nitrogens with zero attached hydrogens (tertiary/aromatic N) is 1. The highest BCUT2D eigenvalue weighted by Gasteiger charge is 2.25. The number of anilines is 1. The monoisotopic (exact) mass is 375 g/mol. The minimum absolute atomic E-state index is 0. The Labute approximate surface area is 156 Å². The van der Waals surface area contributed by atoms with Crippen molar-refractivity contribution in [2.24, 2.45) is 5.92 Å². The highest BCUT2D eigenvalue weighted by atomic mass is 35.5. The maximum atomic E-state index is 12.2. The Morgan fingerprint density at radius 1 is 1.12 bits per heavy atom. The number of carbonyl (C=O) groups is 1. The van der Waals surface area contributed by atoms with E-state index in [1.54, 1.807) is 0 Å². The van der Waals surface area contributed by atoms with Crippen LogP contribution in [0.3, 0.4) is 0 Å². The SMILES string of the molecule is Cl.Cl.O=C(NCC1CNCC1O)c1ccc(N2CCCCC2)cc1. The number of carbonyl (C=O) groups excluding carboxylic acids is 1. The van der Waals surface area contributed by atoms with Crippen molar-refractivity contribution >= 4 is 36.4 Å². The summed E-state index contributed by atoms with van der Waals surface area (Å²) < 4.78 is 0. The minimum atomic E-state index is -0.359. The van der Waals surface area contributed by atoms with Crippen LogP contribution in [0.25, 0.3) is 0 Å². The first kappa shape index (κ1) is 21.0. The smallest absolute Gasteiger partial charge is 0.251 e. The Morgan fingerprint density at radius 3 is 2.38 bits per heavy atom. The fraction of sp³-hybridized carbons (Fsp3) is 0.588. The van der Waals surface area contributed by atoms with Crippen LogP contribution in [0.15, 0.2) is 24.3 Å². The zero-order valence-electron chi connectivity index (χ0n) is 13.7. The molecule has 2 fully saturated rings. The van der Waals surface area contributed by atoms with E-state index in [0.29, 0.717) is 18.7 Å². The maximum Gasteiger partial charge on any atom is 0.251 e. The molecule has 1 aromatic rings. The zero-order valence-corrected chi connectivity index (χ0v) is 15.4. The molecule has 0 bridgehead atoms. The van der Waals surface area contributed by atoms with Crippen molar-refractivity contribution < 1.29 is 9.90 Å². The second-order valence-corrected chi connectivity index (χ2v) is 6.29. The summed E-state index contributed by atoms with van der Waals surface area (Å²) in [5.74, 6) is 0.0425. The number of benzene rings is 1. The average Bonchev–Trinajstić information content (AvgIpc) is 2.99. The fourth-order valence-electron chi connectivity index (χ4n) is 3.23. The van der Waals surface area contributed by atoms with Gasteiger partial charge in [-0.1, -0.05) is 0 Å². The average molecular weight is 376 g/mol. The molecule has 2 aliphatic heterocycles. The van der Waals surface area contributed by atoms with E-state index >= 15 is 0 Å². The van der Waals surface area contributed by atoms with Gasteiger partial charge < -0.3 is 20.6 Å². The van der Waals surface area contributed by atoms with Gasteiger partial charge in [-0.05, 0) is 43.5 Å². The molecular weight excluding hydrogens is 349 g/mol. The van der Waals surface area contributed by atoms with Crippen LogP contribution in [0, 0.1) is 5.92 Å². The molecule has 0 aromatic heterocycles. The molecule has 3 N–H and O–H groups in total. The topological polar surface area (TPSA) is 64.6 Å². The van der Waals surface area contributed by atoms with Crippen molar-refractivity contribution in [3.63, 3.8) is 0 Å². The Kier molecular flexibility index (Phi) is 8.84. The largest absolute Gasteiger partial charge is 0.391 e. The molecule has 2 heterocycles. The number of nitrogens with one attached hydrogen (secondary N) is 2. The van der Waals surface area contributed by atoms with Gasteiger partial charge in [-0.25, -0.2) is 0 Å². The van der Waals surface area contributed by atoms with Crippen molar-refractivity contribution in [2.75, 3.05) is 37.6 Å². The first-order valence-electron chi connectivity index (χ1n) is 8.26. The molecule has 3 rings (SSSR count). The molecule has 24 heavy (non-hydrogen) atoms. The molecule has 2 atom stereocenters. The van der Waals surface area contributed by atoms with Crippen LogP contribution < -0.4 is 15.5 Å². The number of aliphatic hydroxyl groups excluding tert-OH is 1. The summed E-state index contributed by atoms with van der Waals surface area (Å²) in [5, 5.41) is 15.8. The van der Waals surface area contributed by atoms with Crippen LogP contribution in [0.4, 0.5) is 5.69 Å². The first-order valence-corrected chi connectivity index (χ1v) is 8.26. The van der Waals surface area contributed by atoms with Crippen molar-refractivity contribution in [2.45, 2.75) is 25.4 Å². The summed E-state index contributed by atoms with van der Waals surface area (Å²) in [6.07, 6.45) is 3.46. The van der Waals surface area contributed by atoms with Gasteiger partial charge in [0.15, 0.2) is 0 Å². The highest BCUT2D eigenvalue weighted by Crippen LogP contribution is 2.20. The van der Waals surface area contributed by atoms with E-state index in [0.717, 1.165) is 19.6 Å². The van der Waals surface area contributed by atoms with Crippen LogP contribution in [0.5, 0.6) is 0 Å². The highest BCUT2D eigenvalue weighted by molar-refractivity contribution is 5.94. The predicted octanol–water partition coefficient (Wildman–Crippen LogP) is 1.83. The number of rotatable bonds is 4. The number of piperidine rings is 1. The lowest BCUT2D eigenvalue weighted by Crippen LogP contribution is -2.34. The second kappa shape index (κ2) is 10.1. The van der Waals surface area contributed by atoms with Gasteiger partial charge in [-0.15, -0.1) is 24.8 Å². The first-order chi connectivity index (χ1) is 10.7. The number of halogens is 2. The van der Waals surface area contributed by atoms with E-state index < -0.39 is 0 Å². The van der Waals surface area contributed by atoms with Gasteiger partial charge in [0.2, 0.25) is 0 Å². The summed E-state index contributed by atoms with van der Waals surface area (Å²) in [6, 6.07) is 7.85. The van der Waals surface area contributed by atoms with Gasteiger partial charge in [0.05, 0.1) is 6.10 Å². The van der Waals surface area contributed by atoms with Gasteiger partial charge in [0.1, 0.15) is 0 Å². The van der Waals surface area contributed by atoms with Gasteiger partial charge in [0, 0.05) is 49.9 Å². The van der Waals surface area contributed by atoms with Gasteiger partial charge in [0.25, 0.3) is 5.91 Å². The maximum absolute atomic E-state index is 12.2. The van der Waals surface area contributed by atoms with Gasteiger partial charge in [-0.3, -0.25) is 4.79 Å². The molecule has 0 saturated carbocycles. The number of β-amino-alcohol motifs (C(OH)–C–C–N with tert-alkyl or cyclic N) is 1. The number of hydrogen-bond donors (Lipinski definition) is 3. The fourth-order valence-corrected chi connectivity index (χ4v) is 3.23. The third-order valence-corrected chi connectivity index (χ3v) is 4.68. The third-order valence-electron chi connectivity index (χ3n) is 4.68. The molecule has 1 amide bonds. The van der Waals surface area contributed by atoms with Gasteiger partial charge in [-0.2, -0.15) is 0 Å². The molecule has 0 spiro atoms. The van der Waals surface area contributed by atoms with Gasteiger partial charge >= 0.3 is 0 Å². The molecule has 1 aromatic carbocycles. The number of hydrogen-bond acceptors (Lipinski definition) is 4. The van der Waals surface area contributed by atoms with Crippen molar-refractivity contribution in [1.29, 1.82) is 0 Å². The molecule has 0 aliphatic carbocycles. The zero-order chi connectivity index (χ0) is 15.4. The minimum Gasteiger partial charge on any atom is -0.391 e. The standard InChI is InChI=1S/C17H25N3O2.2ClH/c21-16-12-18-10-14(16)11-19-17(22)13-4-6-15(7-5-13)20-8-2-1-3-9-20;;/h4-7,14,16,18,21H,1-3,8-12H2,(H,19,22);2*1H.